The van der Waals surface area contributed by atoms with Gasteiger partial charge < -0.3 is 10.6 Å². The van der Waals surface area contributed by atoms with Crippen LogP contribution >= 0.6 is 11.6 Å². The molecule has 0 spiro atoms. The number of aryl methyl sites for hydroxylation is 1. The second kappa shape index (κ2) is 5.91. The highest BCUT2D eigenvalue weighted by Crippen LogP contribution is 2.25. The molecule has 1 unspecified atom stereocenters. The van der Waals surface area contributed by atoms with Crippen LogP contribution < -0.4 is 10.6 Å². The number of nitrogens with two attached hydrogens (primary N) is 1. The summed E-state index contributed by atoms with van der Waals surface area (Å²) in [6.45, 7) is 9.31. The van der Waals surface area contributed by atoms with Gasteiger partial charge in [-0.05, 0) is 31.5 Å². The lowest BCUT2D eigenvalue weighted by Gasteiger charge is -2.39. The predicted molar refractivity (Wildman–Crippen MR) is 78.5 cm³/mol. The summed E-state index contributed by atoms with van der Waals surface area (Å²) in [7, 11) is 0. The first-order chi connectivity index (χ1) is 8.61. The maximum Gasteiger partial charge on any atom is 0.0426 e. The first kappa shape index (κ1) is 13.7. The van der Waals surface area contributed by atoms with Crippen LogP contribution in [-0.4, -0.2) is 43.7 Å². The van der Waals surface area contributed by atoms with Crippen molar-refractivity contribution in [3.05, 3.63) is 28.8 Å². The molecule has 1 aliphatic rings. The summed E-state index contributed by atoms with van der Waals surface area (Å²) in [4.78, 5) is 4.87. The SMILES string of the molecule is Cc1ccc(Cl)cc1N1CCN(C(C)CN)CC1. The van der Waals surface area contributed by atoms with Gasteiger partial charge in [-0.15, -0.1) is 0 Å². The molecule has 0 amide bonds. The van der Waals surface area contributed by atoms with E-state index in [4.69, 9.17) is 17.3 Å². The van der Waals surface area contributed by atoms with Gasteiger partial charge in [0.25, 0.3) is 0 Å². The summed E-state index contributed by atoms with van der Waals surface area (Å²) < 4.78 is 0. The molecule has 100 valence electrons. The average Bonchev–Trinajstić information content (AvgIpc) is 2.41. The van der Waals surface area contributed by atoms with Crippen molar-refractivity contribution in [2.75, 3.05) is 37.6 Å². The Morgan fingerprint density at radius 2 is 1.94 bits per heavy atom. The minimum absolute atomic E-state index is 0.479. The fraction of sp³-hybridized carbons (Fsp3) is 0.571. The molecular weight excluding hydrogens is 246 g/mol. The molecule has 1 atom stereocenters. The first-order valence-electron chi connectivity index (χ1n) is 6.57. The van der Waals surface area contributed by atoms with Crippen LogP contribution in [-0.2, 0) is 0 Å². The fourth-order valence-corrected chi connectivity index (χ4v) is 2.64. The summed E-state index contributed by atoms with van der Waals surface area (Å²) in [5.74, 6) is 0. The van der Waals surface area contributed by atoms with Crippen LogP contribution in [0.4, 0.5) is 5.69 Å². The van der Waals surface area contributed by atoms with Gasteiger partial charge in [-0.2, -0.15) is 0 Å². The second-order valence-corrected chi connectivity index (χ2v) is 5.47. The Balaban J connectivity index is 2.03. The molecule has 3 nitrogen and oxygen atoms in total. The number of rotatable bonds is 3. The molecule has 0 bridgehead atoms. The Labute approximate surface area is 115 Å². The van der Waals surface area contributed by atoms with Gasteiger partial charge in [0.05, 0.1) is 0 Å². The van der Waals surface area contributed by atoms with Crippen LogP contribution in [0.25, 0.3) is 0 Å². The van der Waals surface area contributed by atoms with Crippen LogP contribution in [0.15, 0.2) is 18.2 Å². The third kappa shape index (κ3) is 2.97. The van der Waals surface area contributed by atoms with E-state index in [2.05, 4.69) is 35.8 Å². The molecular formula is C14H22ClN3. The number of halogens is 1. The monoisotopic (exact) mass is 267 g/mol. The first-order valence-corrected chi connectivity index (χ1v) is 6.95. The number of nitrogens with zero attached hydrogens (tertiary/aromatic N) is 2. The molecule has 2 rings (SSSR count). The Hall–Kier alpha value is -0.770. The van der Waals surface area contributed by atoms with Crippen molar-refractivity contribution in [1.29, 1.82) is 0 Å². The molecule has 1 saturated heterocycles. The summed E-state index contributed by atoms with van der Waals surface area (Å²) in [6.07, 6.45) is 0. The Morgan fingerprint density at radius 3 is 2.56 bits per heavy atom. The molecule has 0 aromatic heterocycles. The van der Waals surface area contributed by atoms with E-state index in [-0.39, 0.29) is 0 Å². The van der Waals surface area contributed by atoms with Gasteiger partial charge >= 0.3 is 0 Å². The van der Waals surface area contributed by atoms with E-state index in [0.717, 1.165) is 37.7 Å². The minimum atomic E-state index is 0.479. The quantitative estimate of drug-likeness (QED) is 0.911. The van der Waals surface area contributed by atoms with E-state index in [9.17, 15) is 0 Å². The predicted octanol–water partition coefficient (Wildman–Crippen LogP) is 2.12. The summed E-state index contributed by atoms with van der Waals surface area (Å²) in [5.41, 5.74) is 8.28. The molecule has 0 aliphatic carbocycles. The number of benzene rings is 1. The molecule has 4 heteroatoms. The highest BCUT2D eigenvalue weighted by molar-refractivity contribution is 6.30. The van der Waals surface area contributed by atoms with E-state index >= 15 is 0 Å². The lowest BCUT2D eigenvalue weighted by atomic mass is 10.1. The molecule has 2 N–H and O–H groups in total. The highest BCUT2D eigenvalue weighted by Gasteiger charge is 2.21. The molecule has 0 saturated carbocycles. The van der Waals surface area contributed by atoms with E-state index in [1.165, 1.54) is 11.3 Å². The maximum atomic E-state index is 6.08. The Bertz CT molecular complexity index is 400. The van der Waals surface area contributed by atoms with Crippen molar-refractivity contribution in [1.82, 2.24) is 4.90 Å². The van der Waals surface area contributed by atoms with E-state index in [0.29, 0.717) is 6.04 Å². The van der Waals surface area contributed by atoms with Gasteiger partial charge in [-0.1, -0.05) is 17.7 Å². The Kier molecular flexibility index (Phi) is 4.49. The van der Waals surface area contributed by atoms with Crippen LogP contribution in [0, 0.1) is 6.92 Å². The van der Waals surface area contributed by atoms with Crippen molar-refractivity contribution in [2.24, 2.45) is 5.73 Å². The third-order valence-electron chi connectivity index (χ3n) is 3.79. The van der Waals surface area contributed by atoms with Crippen LogP contribution in [0.1, 0.15) is 12.5 Å². The standard InChI is InChI=1S/C14H22ClN3/c1-11-3-4-13(15)9-14(11)18-7-5-17(6-8-18)12(2)10-16/h3-4,9,12H,5-8,10,16H2,1-2H3. The van der Waals surface area contributed by atoms with Gasteiger partial charge in [0.15, 0.2) is 0 Å². The van der Waals surface area contributed by atoms with E-state index < -0.39 is 0 Å². The number of hydrogen-bond donors (Lipinski definition) is 1. The van der Waals surface area contributed by atoms with Crippen LogP contribution in [0.2, 0.25) is 5.02 Å². The van der Waals surface area contributed by atoms with Gasteiger partial charge in [0.2, 0.25) is 0 Å². The number of anilines is 1. The zero-order valence-corrected chi connectivity index (χ0v) is 12.0. The smallest absolute Gasteiger partial charge is 0.0426 e. The zero-order valence-electron chi connectivity index (χ0n) is 11.2. The van der Waals surface area contributed by atoms with Gasteiger partial charge in [-0.3, -0.25) is 4.90 Å². The minimum Gasteiger partial charge on any atom is -0.369 e. The third-order valence-corrected chi connectivity index (χ3v) is 4.03. The fourth-order valence-electron chi connectivity index (χ4n) is 2.48. The van der Waals surface area contributed by atoms with Gasteiger partial charge in [-0.25, -0.2) is 0 Å². The normalized spacial score (nSPS) is 19.0. The molecule has 1 heterocycles. The maximum absolute atomic E-state index is 6.08. The van der Waals surface area contributed by atoms with Gasteiger partial charge in [0.1, 0.15) is 0 Å². The van der Waals surface area contributed by atoms with E-state index in [1.54, 1.807) is 0 Å². The topological polar surface area (TPSA) is 32.5 Å². The van der Waals surface area contributed by atoms with Crippen molar-refractivity contribution in [2.45, 2.75) is 19.9 Å². The molecule has 0 radical (unpaired) electrons. The molecule has 1 aliphatic heterocycles. The Morgan fingerprint density at radius 1 is 1.28 bits per heavy atom. The summed E-state index contributed by atoms with van der Waals surface area (Å²) in [6, 6.07) is 6.59. The van der Waals surface area contributed by atoms with Crippen LogP contribution in [0.3, 0.4) is 0 Å². The molecule has 1 aromatic rings. The second-order valence-electron chi connectivity index (χ2n) is 5.04. The van der Waals surface area contributed by atoms with Gasteiger partial charge in [0, 0.05) is 49.5 Å². The van der Waals surface area contributed by atoms with E-state index in [1.807, 2.05) is 6.07 Å². The van der Waals surface area contributed by atoms with Crippen molar-refractivity contribution >= 4 is 17.3 Å². The average molecular weight is 268 g/mol. The van der Waals surface area contributed by atoms with Crippen molar-refractivity contribution in [3.63, 3.8) is 0 Å². The lowest BCUT2D eigenvalue weighted by molar-refractivity contribution is 0.201. The zero-order chi connectivity index (χ0) is 13.1. The number of piperazine rings is 1. The largest absolute Gasteiger partial charge is 0.369 e. The molecule has 18 heavy (non-hydrogen) atoms. The van der Waals surface area contributed by atoms with Crippen molar-refractivity contribution < 1.29 is 0 Å². The number of hydrogen-bond acceptors (Lipinski definition) is 3. The molecule has 1 aromatic carbocycles. The van der Waals surface area contributed by atoms with Crippen molar-refractivity contribution in [3.8, 4) is 0 Å². The summed E-state index contributed by atoms with van der Waals surface area (Å²) >= 11 is 6.08. The van der Waals surface area contributed by atoms with Crippen LogP contribution in [0.5, 0.6) is 0 Å². The highest BCUT2D eigenvalue weighted by atomic mass is 35.5. The lowest BCUT2D eigenvalue weighted by Crippen LogP contribution is -2.51. The molecule has 1 fully saturated rings. The summed E-state index contributed by atoms with van der Waals surface area (Å²) in [5, 5.41) is 0.813.